The van der Waals surface area contributed by atoms with Gasteiger partial charge in [0, 0.05) is 5.56 Å². The fraction of sp³-hybridized carbons (Fsp3) is 0.143. The summed E-state index contributed by atoms with van der Waals surface area (Å²) in [4.78, 5) is 22.3. The van der Waals surface area contributed by atoms with E-state index < -0.39 is 11.9 Å². The Hall–Kier alpha value is -2.56. The molecule has 5 nitrogen and oxygen atoms in total. The van der Waals surface area contributed by atoms with Gasteiger partial charge in [-0.1, -0.05) is 12.1 Å². The number of ether oxygens (including phenoxy) is 1. The standard InChI is InChI=1S/C14H12O5/c1-2-18-14(17)10-5-3-4-9(8-10)11-6-7-12(19-11)13(15)16/h3-8H,2H2,1H3,(H,15,16). The van der Waals surface area contributed by atoms with Gasteiger partial charge in [-0.15, -0.1) is 0 Å². The smallest absolute Gasteiger partial charge is 0.371 e. The summed E-state index contributed by atoms with van der Waals surface area (Å²) in [5.74, 6) is -1.30. The molecule has 0 aliphatic carbocycles. The van der Waals surface area contributed by atoms with E-state index >= 15 is 0 Å². The third kappa shape index (κ3) is 2.82. The fourth-order valence-corrected chi connectivity index (χ4v) is 1.62. The van der Waals surface area contributed by atoms with Crippen molar-refractivity contribution in [2.24, 2.45) is 0 Å². The first kappa shape index (κ1) is 12.9. The van der Waals surface area contributed by atoms with Crippen LogP contribution in [-0.2, 0) is 4.74 Å². The zero-order valence-electron chi connectivity index (χ0n) is 10.3. The highest BCUT2D eigenvalue weighted by molar-refractivity contribution is 5.91. The van der Waals surface area contributed by atoms with Crippen LogP contribution in [0.2, 0.25) is 0 Å². The van der Waals surface area contributed by atoms with Crippen molar-refractivity contribution in [2.75, 3.05) is 6.61 Å². The van der Waals surface area contributed by atoms with Crippen LogP contribution in [0, 0.1) is 0 Å². The van der Waals surface area contributed by atoms with Gasteiger partial charge < -0.3 is 14.3 Å². The van der Waals surface area contributed by atoms with Crippen LogP contribution in [0.3, 0.4) is 0 Å². The van der Waals surface area contributed by atoms with Crippen LogP contribution in [0.5, 0.6) is 0 Å². The summed E-state index contributed by atoms with van der Waals surface area (Å²) >= 11 is 0. The maximum absolute atomic E-state index is 11.6. The summed E-state index contributed by atoms with van der Waals surface area (Å²) in [6, 6.07) is 9.56. The van der Waals surface area contributed by atoms with Crippen LogP contribution in [0.15, 0.2) is 40.8 Å². The van der Waals surface area contributed by atoms with Gasteiger partial charge in [0.2, 0.25) is 5.76 Å². The Kier molecular flexibility index (Phi) is 3.66. The first-order valence-electron chi connectivity index (χ1n) is 5.72. The minimum absolute atomic E-state index is 0.142. The van der Waals surface area contributed by atoms with Gasteiger partial charge in [0.15, 0.2) is 0 Å². The number of carboxylic acids is 1. The van der Waals surface area contributed by atoms with Crippen LogP contribution in [0.1, 0.15) is 27.8 Å². The minimum Gasteiger partial charge on any atom is -0.475 e. The minimum atomic E-state index is -1.13. The van der Waals surface area contributed by atoms with E-state index in [0.717, 1.165) is 0 Å². The second kappa shape index (κ2) is 5.39. The molecular formula is C14H12O5. The SMILES string of the molecule is CCOC(=O)c1cccc(-c2ccc(C(=O)O)o2)c1. The molecule has 1 heterocycles. The van der Waals surface area contributed by atoms with E-state index in [0.29, 0.717) is 23.5 Å². The number of benzene rings is 1. The molecule has 0 radical (unpaired) electrons. The summed E-state index contributed by atoms with van der Waals surface area (Å²) < 4.78 is 10.1. The van der Waals surface area contributed by atoms with Crippen molar-refractivity contribution in [2.45, 2.75) is 6.92 Å². The first-order chi connectivity index (χ1) is 9.11. The molecule has 19 heavy (non-hydrogen) atoms. The first-order valence-corrected chi connectivity index (χ1v) is 5.72. The van der Waals surface area contributed by atoms with Crippen LogP contribution < -0.4 is 0 Å². The van der Waals surface area contributed by atoms with Crippen molar-refractivity contribution >= 4 is 11.9 Å². The van der Waals surface area contributed by atoms with E-state index in [1.807, 2.05) is 0 Å². The molecule has 1 N–H and O–H groups in total. The molecule has 0 unspecified atom stereocenters. The molecule has 5 heteroatoms. The van der Waals surface area contributed by atoms with Crippen molar-refractivity contribution in [3.63, 3.8) is 0 Å². The number of aromatic carboxylic acids is 1. The highest BCUT2D eigenvalue weighted by Crippen LogP contribution is 2.23. The topological polar surface area (TPSA) is 76.7 Å². The van der Waals surface area contributed by atoms with Crippen LogP contribution >= 0.6 is 0 Å². The zero-order chi connectivity index (χ0) is 13.8. The van der Waals surface area contributed by atoms with Crippen molar-refractivity contribution in [3.8, 4) is 11.3 Å². The zero-order valence-corrected chi connectivity index (χ0v) is 10.3. The predicted molar refractivity (Wildman–Crippen MR) is 67.1 cm³/mol. The second-order valence-electron chi connectivity index (χ2n) is 3.77. The molecule has 0 atom stereocenters. The Morgan fingerprint density at radius 3 is 2.68 bits per heavy atom. The van der Waals surface area contributed by atoms with Gasteiger partial charge in [-0.2, -0.15) is 0 Å². The molecule has 0 bridgehead atoms. The number of carbonyl (C=O) groups is 2. The predicted octanol–water partition coefficient (Wildman–Crippen LogP) is 2.82. The Balaban J connectivity index is 2.32. The lowest BCUT2D eigenvalue weighted by molar-refractivity contribution is 0.0525. The summed E-state index contributed by atoms with van der Waals surface area (Å²) in [5, 5.41) is 8.79. The number of carboxylic acid groups (broad SMARTS) is 1. The van der Waals surface area contributed by atoms with Gasteiger partial charge in [-0.05, 0) is 31.2 Å². The lowest BCUT2D eigenvalue weighted by Gasteiger charge is -2.03. The van der Waals surface area contributed by atoms with E-state index in [2.05, 4.69) is 0 Å². The summed E-state index contributed by atoms with van der Waals surface area (Å²) in [6.45, 7) is 2.03. The molecule has 0 amide bonds. The molecule has 0 fully saturated rings. The van der Waals surface area contributed by atoms with Crippen molar-refractivity contribution in [1.82, 2.24) is 0 Å². The van der Waals surface area contributed by atoms with Crippen LogP contribution in [0.25, 0.3) is 11.3 Å². The van der Waals surface area contributed by atoms with Gasteiger partial charge in [0.25, 0.3) is 0 Å². The molecule has 0 aliphatic rings. The average molecular weight is 260 g/mol. The maximum atomic E-state index is 11.6. The highest BCUT2D eigenvalue weighted by Gasteiger charge is 2.12. The average Bonchev–Trinajstić information content (AvgIpc) is 2.89. The van der Waals surface area contributed by atoms with Gasteiger partial charge >= 0.3 is 11.9 Å². The third-order valence-electron chi connectivity index (χ3n) is 2.48. The van der Waals surface area contributed by atoms with Gasteiger partial charge in [-0.3, -0.25) is 0 Å². The van der Waals surface area contributed by atoms with E-state index in [4.69, 9.17) is 14.3 Å². The molecule has 2 rings (SSSR count). The number of carbonyl (C=O) groups excluding carboxylic acids is 1. The number of esters is 1. The lowest BCUT2D eigenvalue weighted by atomic mass is 10.1. The largest absolute Gasteiger partial charge is 0.475 e. The maximum Gasteiger partial charge on any atom is 0.371 e. The van der Waals surface area contributed by atoms with E-state index in [-0.39, 0.29) is 5.76 Å². The molecule has 1 aromatic heterocycles. The summed E-state index contributed by atoms with van der Waals surface area (Å²) in [7, 11) is 0. The van der Waals surface area contributed by atoms with Gasteiger partial charge in [0.1, 0.15) is 5.76 Å². The monoisotopic (exact) mass is 260 g/mol. The summed E-state index contributed by atoms with van der Waals surface area (Å²) in [5.41, 5.74) is 1.02. The molecule has 0 aliphatic heterocycles. The summed E-state index contributed by atoms with van der Waals surface area (Å²) in [6.07, 6.45) is 0. The normalized spacial score (nSPS) is 10.2. The molecule has 0 saturated heterocycles. The van der Waals surface area contributed by atoms with Crippen LogP contribution in [-0.4, -0.2) is 23.7 Å². The van der Waals surface area contributed by atoms with E-state index in [1.54, 1.807) is 37.3 Å². The number of rotatable bonds is 4. The fourth-order valence-electron chi connectivity index (χ4n) is 1.62. The molecule has 0 saturated carbocycles. The number of furan rings is 1. The Bertz CT molecular complexity index is 612. The molecule has 1 aromatic carbocycles. The molecular weight excluding hydrogens is 248 g/mol. The molecule has 0 spiro atoms. The van der Waals surface area contributed by atoms with Crippen molar-refractivity contribution in [3.05, 3.63) is 47.7 Å². The quantitative estimate of drug-likeness (QED) is 0.855. The Morgan fingerprint density at radius 1 is 1.26 bits per heavy atom. The van der Waals surface area contributed by atoms with Crippen LogP contribution in [0.4, 0.5) is 0 Å². The van der Waals surface area contributed by atoms with E-state index in [1.165, 1.54) is 6.07 Å². The highest BCUT2D eigenvalue weighted by atomic mass is 16.5. The Labute approximate surface area is 109 Å². The molecule has 2 aromatic rings. The van der Waals surface area contributed by atoms with Crippen molar-refractivity contribution < 1.29 is 23.8 Å². The van der Waals surface area contributed by atoms with E-state index in [9.17, 15) is 9.59 Å². The van der Waals surface area contributed by atoms with Crippen molar-refractivity contribution in [1.29, 1.82) is 0 Å². The van der Waals surface area contributed by atoms with Gasteiger partial charge in [-0.25, -0.2) is 9.59 Å². The molecule has 98 valence electrons. The van der Waals surface area contributed by atoms with Gasteiger partial charge in [0.05, 0.1) is 12.2 Å². The second-order valence-corrected chi connectivity index (χ2v) is 3.77. The number of hydrogen-bond acceptors (Lipinski definition) is 4. The Morgan fingerprint density at radius 2 is 2.05 bits per heavy atom. The number of hydrogen-bond donors (Lipinski definition) is 1. The lowest BCUT2D eigenvalue weighted by Crippen LogP contribution is -2.04. The third-order valence-corrected chi connectivity index (χ3v) is 2.48.